The average molecular weight is 527 g/mol. The van der Waals surface area contributed by atoms with Crippen LogP contribution in [0, 0.1) is 0 Å². The first-order chi connectivity index (χ1) is 19.1. The molecule has 0 saturated heterocycles. The van der Waals surface area contributed by atoms with Crippen LogP contribution in [-0.2, 0) is 13.2 Å². The number of ether oxygens (including phenoxy) is 6. The molecule has 1 aliphatic heterocycles. The van der Waals surface area contributed by atoms with Gasteiger partial charge in [0.2, 0.25) is 5.75 Å². The number of hydrogen-bond acceptors (Lipinski definition) is 7. The van der Waals surface area contributed by atoms with Crippen LogP contribution >= 0.6 is 0 Å². The van der Waals surface area contributed by atoms with Crippen molar-refractivity contribution in [1.82, 2.24) is 0 Å². The Morgan fingerprint density at radius 3 is 1.97 bits per heavy atom. The second-order valence-corrected chi connectivity index (χ2v) is 9.00. The Bertz CT molecular complexity index is 1430. The molecule has 39 heavy (non-hydrogen) atoms. The quantitative estimate of drug-likeness (QED) is 0.231. The molecule has 5 rings (SSSR count). The molecule has 0 radical (unpaired) electrons. The van der Waals surface area contributed by atoms with Gasteiger partial charge in [-0.1, -0.05) is 60.7 Å². The maximum absolute atomic E-state index is 13.5. The van der Waals surface area contributed by atoms with E-state index < -0.39 is 6.10 Å². The van der Waals surface area contributed by atoms with Crippen molar-refractivity contribution in [3.8, 4) is 34.5 Å². The normalized spacial score (nSPS) is 14.1. The summed E-state index contributed by atoms with van der Waals surface area (Å²) in [5, 5.41) is 0. The van der Waals surface area contributed by atoms with Crippen molar-refractivity contribution in [2.45, 2.75) is 25.7 Å². The zero-order valence-corrected chi connectivity index (χ0v) is 22.1. The highest BCUT2D eigenvalue weighted by atomic mass is 16.5. The Balaban J connectivity index is 1.49. The highest BCUT2D eigenvalue weighted by molar-refractivity contribution is 6.04. The van der Waals surface area contributed by atoms with E-state index in [9.17, 15) is 4.79 Å². The van der Waals surface area contributed by atoms with Crippen molar-refractivity contribution in [3.05, 3.63) is 107 Å². The van der Waals surface area contributed by atoms with Crippen LogP contribution in [0.4, 0.5) is 0 Å². The largest absolute Gasteiger partial charge is 0.493 e. The lowest BCUT2D eigenvalue weighted by atomic mass is 9.94. The number of carbonyl (C=O) groups is 1. The van der Waals surface area contributed by atoms with Gasteiger partial charge in [0, 0.05) is 11.6 Å². The van der Waals surface area contributed by atoms with E-state index in [1.165, 1.54) is 21.3 Å². The summed E-state index contributed by atoms with van der Waals surface area (Å²) in [6, 6.07) is 27.1. The second-order valence-electron chi connectivity index (χ2n) is 9.00. The minimum atomic E-state index is -0.612. The predicted octanol–water partition coefficient (Wildman–Crippen LogP) is 6.58. The molecule has 0 aromatic heterocycles. The average Bonchev–Trinajstić information content (AvgIpc) is 2.99. The van der Waals surface area contributed by atoms with Crippen LogP contribution in [0.1, 0.15) is 39.6 Å². The molecule has 7 heteroatoms. The summed E-state index contributed by atoms with van der Waals surface area (Å²) >= 11 is 0. The lowest BCUT2D eigenvalue weighted by molar-refractivity contribution is 0.0837. The zero-order valence-electron chi connectivity index (χ0n) is 22.1. The molecule has 1 aliphatic rings. The van der Waals surface area contributed by atoms with E-state index in [1.54, 1.807) is 6.07 Å². The van der Waals surface area contributed by atoms with Gasteiger partial charge in [-0.3, -0.25) is 4.79 Å². The molecule has 0 amide bonds. The van der Waals surface area contributed by atoms with Gasteiger partial charge in [-0.2, -0.15) is 0 Å². The standard InChI is InChI=1S/C32H30O7/c1-34-29-18-28-30(32(36-3)31(29)35-2)25(33)17-27(39-28)24-16-23(37-19-21-10-6-4-7-11-21)14-15-26(24)38-20-22-12-8-5-9-13-22/h4-16,18,27H,17,19-20H2,1-3H3. The smallest absolute Gasteiger partial charge is 0.204 e. The molecular weight excluding hydrogens is 496 g/mol. The third-order valence-electron chi connectivity index (χ3n) is 6.53. The molecule has 0 spiro atoms. The monoisotopic (exact) mass is 526 g/mol. The number of fused-ring (bicyclic) bond motifs is 1. The topological polar surface area (TPSA) is 72.5 Å². The summed E-state index contributed by atoms with van der Waals surface area (Å²) in [6.07, 6.45) is -0.526. The van der Waals surface area contributed by atoms with Crippen LogP contribution in [0.15, 0.2) is 84.9 Å². The predicted molar refractivity (Wildman–Crippen MR) is 146 cm³/mol. The van der Waals surface area contributed by atoms with Crippen LogP contribution in [-0.4, -0.2) is 27.1 Å². The molecule has 4 aromatic carbocycles. The van der Waals surface area contributed by atoms with Crippen molar-refractivity contribution in [1.29, 1.82) is 0 Å². The Morgan fingerprint density at radius 1 is 0.718 bits per heavy atom. The summed E-state index contributed by atoms with van der Waals surface area (Å²) in [5.74, 6) is 2.52. The van der Waals surface area contributed by atoms with Gasteiger partial charge < -0.3 is 28.4 Å². The summed E-state index contributed by atoms with van der Waals surface area (Å²) < 4.78 is 35.2. The van der Waals surface area contributed by atoms with E-state index in [1.807, 2.05) is 78.9 Å². The van der Waals surface area contributed by atoms with Crippen LogP contribution in [0.25, 0.3) is 0 Å². The van der Waals surface area contributed by atoms with Gasteiger partial charge in [0.1, 0.15) is 42.1 Å². The van der Waals surface area contributed by atoms with E-state index in [0.29, 0.717) is 53.1 Å². The molecule has 7 nitrogen and oxygen atoms in total. The molecule has 0 saturated carbocycles. The molecule has 4 aromatic rings. The van der Waals surface area contributed by atoms with Crippen molar-refractivity contribution < 1.29 is 33.2 Å². The molecule has 0 aliphatic carbocycles. The van der Waals surface area contributed by atoms with Crippen LogP contribution in [0.3, 0.4) is 0 Å². The van der Waals surface area contributed by atoms with Crippen LogP contribution < -0.4 is 28.4 Å². The van der Waals surface area contributed by atoms with Gasteiger partial charge in [-0.05, 0) is 29.3 Å². The fourth-order valence-corrected chi connectivity index (χ4v) is 4.61. The highest BCUT2D eigenvalue weighted by Crippen LogP contribution is 2.50. The first kappa shape index (κ1) is 26.0. The van der Waals surface area contributed by atoms with Crippen LogP contribution in [0.5, 0.6) is 34.5 Å². The number of ketones is 1. The van der Waals surface area contributed by atoms with Gasteiger partial charge in [0.15, 0.2) is 17.3 Å². The molecule has 0 fully saturated rings. The molecule has 1 atom stereocenters. The molecule has 0 N–H and O–H groups in total. The summed E-state index contributed by atoms with van der Waals surface area (Å²) in [7, 11) is 4.51. The zero-order chi connectivity index (χ0) is 27.2. The van der Waals surface area contributed by atoms with Gasteiger partial charge in [0.25, 0.3) is 0 Å². The fraction of sp³-hybridized carbons (Fsp3) is 0.219. The number of benzene rings is 4. The Hall–Kier alpha value is -4.65. The number of hydrogen-bond donors (Lipinski definition) is 0. The van der Waals surface area contributed by atoms with Gasteiger partial charge in [0.05, 0.1) is 27.8 Å². The molecule has 0 bridgehead atoms. The van der Waals surface area contributed by atoms with Gasteiger partial charge in [-0.15, -0.1) is 0 Å². The fourth-order valence-electron chi connectivity index (χ4n) is 4.61. The first-order valence-corrected chi connectivity index (χ1v) is 12.6. The third kappa shape index (κ3) is 5.62. The van der Waals surface area contributed by atoms with Crippen LogP contribution in [0.2, 0.25) is 0 Å². The van der Waals surface area contributed by atoms with E-state index in [2.05, 4.69) is 0 Å². The minimum absolute atomic E-state index is 0.0860. The summed E-state index contributed by atoms with van der Waals surface area (Å²) in [5.41, 5.74) is 3.12. The van der Waals surface area contributed by atoms with Crippen molar-refractivity contribution >= 4 is 5.78 Å². The molecule has 1 heterocycles. The maximum atomic E-state index is 13.5. The number of rotatable bonds is 10. The molecular formula is C32H30O7. The van der Waals surface area contributed by atoms with Crippen molar-refractivity contribution in [3.63, 3.8) is 0 Å². The lowest BCUT2D eigenvalue weighted by Gasteiger charge is -2.29. The number of carbonyl (C=O) groups excluding carboxylic acids is 1. The third-order valence-corrected chi connectivity index (χ3v) is 6.53. The van der Waals surface area contributed by atoms with Gasteiger partial charge in [-0.25, -0.2) is 0 Å². The first-order valence-electron chi connectivity index (χ1n) is 12.6. The Labute approximate surface area is 227 Å². The SMILES string of the molecule is COc1cc2c(c(OC)c1OC)C(=O)CC(c1cc(OCc3ccccc3)ccc1OCc1ccccc1)O2. The number of Topliss-reactive ketones (excluding diaryl/α,β-unsaturated/α-hetero) is 1. The van der Waals surface area contributed by atoms with E-state index in [-0.39, 0.29) is 18.0 Å². The number of methoxy groups -OCH3 is 3. The summed E-state index contributed by atoms with van der Waals surface area (Å²) in [6.45, 7) is 0.778. The molecule has 200 valence electrons. The van der Waals surface area contributed by atoms with E-state index >= 15 is 0 Å². The highest BCUT2D eigenvalue weighted by Gasteiger charge is 2.35. The van der Waals surface area contributed by atoms with E-state index in [4.69, 9.17) is 28.4 Å². The Kier molecular flexibility index (Phi) is 7.87. The summed E-state index contributed by atoms with van der Waals surface area (Å²) in [4.78, 5) is 13.5. The second kappa shape index (κ2) is 11.8. The van der Waals surface area contributed by atoms with Gasteiger partial charge >= 0.3 is 0 Å². The Morgan fingerprint density at radius 2 is 1.36 bits per heavy atom. The maximum Gasteiger partial charge on any atom is 0.204 e. The minimum Gasteiger partial charge on any atom is -0.493 e. The molecule has 1 unspecified atom stereocenters. The van der Waals surface area contributed by atoms with Crippen molar-refractivity contribution in [2.24, 2.45) is 0 Å². The van der Waals surface area contributed by atoms with Crippen molar-refractivity contribution in [2.75, 3.05) is 21.3 Å². The van der Waals surface area contributed by atoms with E-state index in [0.717, 1.165) is 11.1 Å². The lowest BCUT2D eigenvalue weighted by Crippen LogP contribution is -2.22.